The number of para-hydroxylation sites is 2. The van der Waals surface area contributed by atoms with E-state index in [2.05, 4.69) is 77.7 Å². The SMILES string of the molecule is CN(C)CCNCCCN1c2ccccc2Sc2ccccc21. The smallest absolute Gasteiger partial charge is 0.0552 e. The van der Waals surface area contributed by atoms with Crippen molar-refractivity contribution in [1.82, 2.24) is 10.2 Å². The minimum Gasteiger partial charge on any atom is -0.340 e. The maximum Gasteiger partial charge on any atom is 0.0552 e. The molecule has 3 nitrogen and oxygen atoms in total. The molecule has 0 radical (unpaired) electrons. The topological polar surface area (TPSA) is 18.5 Å². The molecule has 0 aliphatic carbocycles. The summed E-state index contributed by atoms with van der Waals surface area (Å²) in [5.41, 5.74) is 2.67. The lowest BCUT2D eigenvalue weighted by Crippen LogP contribution is -2.29. The van der Waals surface area contributed by atoms with Gasteiger partial charge in [-0.3, -0.25) is 0 Å². The minimum absolute atomic E-state index is 1.05. The molecule has 122 valence electrons. The molecule has 1 aliphatic rings. The second-order valence-corrected chi connectivity index (χ2v) is 7.18. The first kappa shape index (κ1) is 16.4. The molecular formula is C19H25N3S. The molecule has 0 aromatic heterocycles. The Hall–Kier alpha value is -1.49. The number of rotatable bonds is 7. The lowest BCUT2D eigenvalue weighted by Gasteiger charge is -2.32. The van der Waals surface area contributed by atoms with E-state index >= 15 is 0 Å². The van der Waals surface area contributed by atoms with Gasteiger partial charge in [0.15, 0.2) is 0 Å². The van der Waals surface area contributed by atoms with E-state index in [1.54, 1.807) is 0 Å². The van der Waals surface area contributed by atoms with Crippen molar-refractivity contribution in [1.29, 1.82) is 0 Å². The van der Waals surface area contributed by atoms with Crippen molar-refractivity contribution in [3.63, 3.8) is 0 Å². The zero-order chi connectivity index (χ0) is 16.1. The fraction of sp³-hybridized carbons (Fsp3) is 0.368. The molecule has 0 spiro atoms. The molecule has 0 amide bonds. The van der Waals surface area contributed by atoms with Crippen LogP contribution in [0.25, 0.3) is 0 Å². The number of nitrogens with one attached hydrogen (secondary N) is 1. The number of benzene rings is 2. The van der Waals surface area contributed by atoms with Crippen molar-refractivity contribution in [2.24, 2.45) is 0 Å². The predicted octanol–water partition coefficient (Wildman–Crippen LogP) is 3.83. The molecule has 4 heteroatoms. The fourth-order valence-electron chi connectivity index (χ4n) is 2.81. The monoisotopic (exact) mass is 327 g/mol. The van der Waals surface area contributed by atoms with E-state index in [1.165, 1.54) is 21.2 Å². The third-order valence-corrected chi connectivity index (χ3v) is 5.13. The Morgan fingerprint density at radius 2 is 1.52 bits per heavy atom. The van der Waals surface area contributed by atoms with Gasteiger partial charge in [0.05, 0.1) is 11.4 Å². The molecule has 2 aromatic rings. The van der Waals surface area contributed by atoms with E-state index in [-0.39, 0.29) is 0 Å². The average Bonchev–Trinajstić information content (AvgIpc) is 2.56. The van der Waals surface area contributed by atoms with Gasteiger partial charge in [-0.25, -0.2) is 0 Å². The maximum atomic E-state index is 3.53. The summed E-state index contributed by atoms with van der Waals surface area (Å²) in [5.74, 6) is 0. The van der Waals surface area contributed by atoms with Gasteiger partial charge in [0, 0.05) is 29.4 Å². The second-order valence-electron chi connectivity index (χ2n) is 6.10. The van der Waals surface area contributed by atoms with E-state index in [0.29, 0.717) is 0 Å². The van der Waals surface area contributed by atoms with Crippen molar-refractivity contribution >= 4 is 23.1 Å². The number of fused-ring (bicyclic) bond motifs is 2. The fourth-order valence-corrected chi connectivity index (χ4v) is 3.91. The molecule has 23 heavy (non-hydrogen) atoms. The van der Waals surface area contributed by atoms with Gasteiger partial charge >= 0.3 is 0 Å². The van der Waals surface area contributed by atoms with Gasteiger partial charge in [0.1, 0.15) is 0 Å². The molecule has 1 heterocycles. The summed E-state index contributed by atoms with van der Waals surface area (Å²) in [7, 11) is 4.22. The van der Waals surface area contributed by atoms with Crippen LogP contribution in [0.2, 0.25) is 0 Å². The van der Waals surface area contributed by atoms with Crippen molar-refractivity contribution in [2.45, 2.75) is 16.2 Å². The van der Waals surface area contributed by atoms with Crippen LogP contribution in [0.1, 0.15) is 6.42 Å². The second kappa shape index (κ2) is 7.86. The highest BCUT2D eigenvalue weighted by atomic mass is 32.2. The number of hydrogen-bond acceptors (Lipinski definition) is 4. The van der Waals surface area contributed by atoms with Crippen molar-refractivity contribution < 1.29 is 0 Å². The van der Waals surface area contributed by atoms with Crippen LogP contribution < -0.4 is 10.2 Å². The lowest BCUT2D eigenvalue weighted by atomic mass is 10.2. The van der Waals surface area contributed by atoms with Gasteiger partial charge in [-0.1, -0.05) is 36.0 Å². The summed E-state index contributed by atoms with van der Waals surface area (Å²) in [4.78, 5) is 7.38. The molecule has 1 aliphatic heterocycles. The Morgan fingerprint density at radius 1 is 0.913 bits per heavy atom. The van der Waals surface area contributed by atoms with Gasteiger partial charge in [-0.15, -0.1) is 0 Å². The molecule has 0 atom stereocenters. The molecule has 0 fully saturated rings. The predicted molar refractivity (Wildman–Crippen MR) is 100 cm³/mol. The Balaban J connectivity index is 1.64. The Bertz CT molecular complexity index is 597. The largest absolute Gasteiger partial charge is 0.340 e. The van der Waals surface area contributed by atoms with Gasteiger partial charge in [0.25, 0.3) is 0 Å². The summed E-state index contributed by atoms with van der Waals surface area (Å²) < 4.78 is 0. The van der Waals surface area contributed by atoms with Gasteiger partial charge in [0.2, 0.25) is 0 Å². The summed E-state index contributed by atoms with van der Waals surface area (Å²) in [6, 6.07) is 17.4. The quantitative estimate of drug-likeness (QED) is 0.779. The highest BCUT2D eigenvalue weighted by Crippen LogP contribution is 2.47. The summed E-state index contributed by atoms with van der Waals surface area (Å²) >= 11 is 1.87. The standard InChI is InChI=1S/C19H25N3S/c1-21(2)15-13-20-12-7-14-22-16-8-3-5-10-18(16)23-19-11-6-4-9-17(19)22/h3-6,8-11,20H,7,12-15H2,1-2H3. The third kappa shape index (κ3) is 4.08. The van der Waals surface area contributed by atoms with Crippen molar-refractivity contribution in [2.75, 3.05) is 45.2 Å². The first-order chi connectivity index (χ1) is 11.3. The van der Waals surface area contributed by atoms with E-state index in [1.807, 2.05) is 11.8 Å². The molecule has 1 N–H and O–H groups in total. The van der Waals surface area contributed by atoms with Crippen LogP contribution in [0, 0.1) is 0 Å². The molecule has 0 unspecified atom stereocenters. The van der Waals surface area contributed by atoms with E-state index in [4.69, 9.17) is 0 Å². The van der Waals surface area contributed by atoms with Crippen LogP contribution in [-0.2, 0) is 0 Å². The molecule has 3 rings (SSSR count). The van der Waals surface area contributed by atoms with Gasteiger partial charge < -0.3 is 15.1 Å². The first-order valence-corrected chi connectivity index (χ1v) is 9.06. The molecule has 0 saturated heterocycles. The van der Waals surface area contributed by atoms with Crippen molar-refractivity contribution in [3.8, 4) is 0 Å². The Kier molecular flexibility index (Phi) is 5.60. The zero-order valence-electron chi connectivity index (χ0n) is 14.0. The van der Waals surface area contributed by atoms with Crippen LogP contribution in [-0.4, -0.2) is 45.2 Å². The summed E-state index contributed by atoms with van der Waals surface area (Å²) in [5, 5.41) is 3.53. The van der Waals surface area contributed by atoms with Crippen LogP contribution in [0.3, 0.4) is 0 Å². The minimum atomic E-state index is 1.05. The molecule has 0 bridgehead atoms. The van der Waals surface area contributed by atoms with E-state index in [9.17, 15) is 0 Å². The molecule has 2 aromatic carbocycles. The lowest BCUT2D eigenvalue weighted by molar-refractivity contribution is 0.400. The van der Waals surface area contributed by atoms with Crippen LogP contribution in [0.4, 0.5) is 11.4 Å². The average molecular weight is 327 g/mol. The number of nitrogens with zero attached hydrogens (tertiary/aromatic N) is 2. The highest BCUT2D eigenvalue weighted by Gasteiger charge is 2.21. The van der Waals surface area contributed by atoms with Gasteiger partial charge in [-0.05, 0) is 51.3 Å². The number of hydrogen-bond donors (Lipinski definition) is 1. The van der Waals surface area contributed by atoms with Gasteiger partial charge in [-0.2, -0.15) is 0 Å². The first-order valence-electron chi connectivity index (χ1n) is 8.24. The van der Waals surface area contributed by atoms with E-state index in [0.717, 1.165) is 32.6 Å². The van der Waals surface area contributed by atoms with E-state index < -0.39 is 0 Å². The Labute approximate surface area is 143 Å². The normalized spacial score (nSPS) is 13.1. The van der Waals surface area contributed by atoms with Crippen molar-refractivity contribution in [3.05, 3.63) is 48.5 Å². The van der Waals surface area contributed by atoms with Crippen LogP contribution >= 0.6 is 11.8 Å². The molecular weight excluding hydrogens is 302 g/mol. The highest BCUT2D eigenvalue weighted by molar-refractivity contribution is 7.99. The zero-order valence-corrected chi connectivity index (χ0v) is 14.8. The number of likely N-dealkylation sites (N-methyl/N-ethyl adjacent to an activating group) is 1. The third-order valence-electron chi connectivity index (χ3n) is 4.00. The number of anilines is 2. The van der Waals surface area contributed by atoms with Crippen LogP contribution in [0.5, 0.6) is 0 Å². The Morgan fingerprint density at radius 3 is 2.13 bits per heavy atom. The maximum absolute atomic E-state index is 3.53. The summed E-state index contributed by atoms with van der Waals surface area (Å²) in [6.45, 7) is 4.24. The van der Waals surface area contributed by atoms with Crippen LogP contribution in [0.15, 0.2) is 58.3 Å². The molecule has 0 saturated carbocycles. The summed E-state index contributed by atoms with van der Waals surface area (Å²) in [6.07, 6.45) is 1.14.